The van der Waals surface area contributed by atoms with E-state index in [-0.39, 0.29) is 24.0 Å². The molecule has 1 aliphatic heterocycles. The van der Waals surface area contributed by atoms with Crippen molar-refractivity contribution in [2.45, 2.75) is 58.3 Å². The Labute approximate surface area is 122 Å². The van der Waals surface area contributed by atoms with E-state index in [9.17, 15) is 4.79 Å². The van der Waals surface area contributed by atoms with E-state index in [1.54, 1.807) is 0 Å². The summed E-state index contributed by atoms with van der Waals surface area (Å²) < 4.78 is 5.75. The zero-order chi connectivity index (χ0) is 14.5. The summed E-state index contributed by atoms with van der Waals surface area (Å²) in [6, 6.07) is 0.367. The summed E-state index contributed by atoms with van der Waals surface area (Å²) in [6.07, 6.45) is 7.77. The van der Waals surface area contributed by atoms with Crippen LogP contribution in [-0.2, 0) is 9.53 Å². The lowest BCUT2D eigenvalue weighted by Crippen LogP contribution is -2.52. The maximum Gasteiger partial charge on any atom is 0.223 e. The number of carbonyl (C=O) groups is 1. The minimum atomic E-state index is 0.176. The molecule has 0 aromatic carbocycles. The number of morpholine rings is 1. The molecule has 1 aliphatic carbocycles. The Hall–Kier alpha value is -0.870. The monoisotopic (exact) mass is 280 g/mol. The fraction of sp³-hybridized carbons (Fsp3) is 0.812. The second-order valence-electron chi connectivity index (χ2n) is 6.29. The molecule has 2 rings (SSSR count). The van der Waals surface area contributed by atoms with Crippen LogP contribution in [0, 0.1) is 5.92 Å². The van der Waals surface area contributed by atoms with Gasteiger partial charge >= 0.3 is 0 Å². The third-order valence-electron chi connectivity index (χ3n) is 4.28. The molecule has 0 radical (unpaired) electrons. The molecule has 1 fully saturated rings. The first-order valence-corrected chi connectivity index (χ1v) is 7.88. The van der Waals surface area contributed by atoms with Gasteiger partial charge in [0.05, 0.1) is 12.2 Å². The number of nitrogens with zero attached hydrogens (tertiary/aromatic N) is 1. The highest BCUT2D eigenvalue weighted by atomic mass is 16.5. The van der Waals surface area contributed by atoms with E-state index in [4.69, 9.17) is 4.74 Å². The Kier molecular flexibility index (Phi) is 5.61. The minimum Gasteiger partial charge on any atom is -0.373 e. The van der Waals surface area contributed by atoms with Crippen LogP contribution in [0.5, 0.6) is 0 Å². The van der Waals surface area contributed by atoms with E-state index >= 15 is 0 Å². The first kappa shape index (κ1) is 15.5. The molecule has 1 saturated heterocycles. The van der Waals surface area contributed by atoms with Gasteiger partial charge in [0.25, 0.3) is 0 Å². The van der Waals surface area contributed by atoms with Crippen LogP contribution in [0.15, 0.2) is 12.2 Å². The van der Waals surface area contributed by atoms with Crippen LogP contribution < -0.4 is 5.32 Å². The minimum absolute atomic E-state index is 0.176. The molecule has 1 N–H and O–H groups in total. The zero-order valence-electron chi connectivity index (χ0n) is 13.0. The van der Waals surface area contributed by atoms with Gasteiger partial charge < -0.3 is 10.1 Å². The summed E-state index contributed by atoms with van der Waals surface area (Å²) in [5, 5.41) is 3.12. The van der Waals surface area contributed by atoms with Crippen molar-refractivity contribution in [1.29, 1.82) is 0 Å². The van der Waals surface area contributed by atoms with E-state index in [0.717, 1.165) is 38.9 Å². The van der Waals surface area contributed by atoms with Gasteiger partial charge in [-0.1, -0.05) is 12.2 Å². The number of hydrogen-bond acceptors (Lipinski definition) is 3. The van der Waals surface area contributed by atoms with Crippen LogP contribution in [0.4, 0.5) is 0 Å². The van der Waals surface area contributed by atoms with Gasteiger partial charge in [-0.25, -0.2) is 0 Å². The summed E-state index contributed by atoms with van der Waals surface area (Å²) in [4.78, 5) is 14.5. The topological polar surface area (TPSA) is 41.6 Å². The molecule has 4 heteroatoms. The predicted molar refractivity (Wildman–Crippen MR) is 80.5 cm³/mol. The van der Waals surface area contributed by atoms with Gasteiger partial charge in [0, 0.05) is 31.6 Å². The van der Waals surface area contributed by atoms with Crippen molar-refractivity contribution in [2.24, 2.45) is 5.92 Å². The molecule has 0 aromatic heterocycles. The number of allylic oxidation sites excluding steroid dienone is 2. The highest BCUT2D eigenvalue weighted by Gasteiger charge is 2.26. The van der Waals surface area contributed by atoms with E-state index < -0.39 is 0 Å². The van der Waals surface area contributed by atoms with E-state index in [2.05, 4.69) is 43.1 Å². The Balaban J connectivity index is 1.75. The second kappa shape index (κ2) is 7.23. The van der Waals surface area contributed by atoms with E-state index in [1.807, 2.05) is 0 Å². The standard InChI is InChI=1S/C16H28N2O2/c1-12(18-10-13(2)20-14(3)11-18)9-17-16(19)15-7-5-4-6-8-15/h4-5,12-15H,6-11H2,1-3H3,(H,17,19)/t12-,13-,14-,15-/m1/s1. The lowest BCUT2D eigenvalue weighted by Gasteiger charge is -2.39. The van der Waals surface area contributed by atoms with Crippen molar-refractivity contribution in [2.75, 3.05) is 19.6 Å². The summed E-state index contributed by atoms with van der Waals surface area (Å²) in [5.41, 5.74) is 0. The van der Waals surface area contributed by atoms with E-state index in [0.29, 0.717) is 6.04 Å². The fourth-order valence-electron chi connectivity index (χ4n) is 3.13. The van der Waals surface area contributed by atoms with E-state index in [1.165, 1.54) is 0 Å². The number of amides is 1. The smallest absolute Gasteiger partial charge is 0.223 e. The molecule has 2 aliphatic rings. The quantitative estimate of drug-likeness (QED) is 0.800. The van der Waals surface area contributed by atoms with Crippen LogP contribution in [0.25, 0.3) is 0 Å². The lowest BCUT2D eigenvalue weighted by molar-refractivity contribution is -0.125. The SMILES string of the molecule is C[C@@H]1CN([C@H](C)CNC(=O)[C@@H]2CC=CCC2)C[C@@H](C)O1. The average Bonchev–Trinajstić information content (AvgIpc) is 2.44. The molecule has 1 amide bonds. The summed E-state index contributed by atoms with van der Waals surface area (Å²) in [6.45, 7) is 9.05. The van der Waals surface area contributed by atoms with Crippen LogP contribution in [0.2, 0.25) is 0 Å². The fourth-order valence-corrected chi connectivity index (χ4v) is 3.13. The second-order valence-corrected chi connectivity index (χ2v) is 6.29. The third kappa shape index (κ3) is 4.32. The van der Waals surface area contributed by atoms with Crippen molar-refractivity contribution in [3.05, 3.63) is 12.2 Å². The molecule has 0 aromatic rings. The average molecular weight is 280 g/mol. The van der Waals surface area contributed by atoms with Gasteiger partial charge in [0.1, 0.15) is 0 Å². The largest absolute Gasteiger partial charge is 0.373 e. The number of carbonyl (C=O) groups excluding carboxylic acids is 1. The number of rotatable bonds is 4. The van der Waals surface area contributed by atoms with Crippen molar-refractivity contribution >= 4 is 5.91 Å². The first-order valence-electron chi connectivity index (χ1n) is 7.88. The van der Waals surface area contributed by atoms with Crippen LogP contribution >= 0.6 is 0 Å². The van der Waals surface area contributed by atoms with Crippen molar-refractivity contribution in [3.8, 4) is 0 Å². The van der Waals surface area contributed by atoms with Gasteiger partial charge in [-0.05, 0) is 40.0 Å². The number of hydrogen-bond donors (Lipinski definition) is 1. The Morgan fingerprint density at radius 2 is 2.05 bits per heavy atom. The molecule has 20 heavy (non-hydrogen) atoms. The van der Waals surface area contributed by atoms with Crippen LogP contribution in [0.3, 0.4) is 0 Å². The van der Waals surface area contributed by atoms with Gasteiger partial charge in [-0.3, -0.25) is 9.69 Å². The molecular weight excluding hydrogens is 252 g/mol. The first-order chi connectivity index (χ1) is 9.56. The zero-order valence-corrected chi connectivity index (χ0v) is 13.0. The maximum atomic E-state index is 12.1. The predicted octanol–water partition coefficient (Wildman–Crippen LogP) is 1.96. The maximum absolute atomic E-state index is 12.1. The molecule has 0 bridgehead atoms. The van der Waals surface area contributed by atoms with Crippen molar-refractivity contribution < 1.29 is 9.53 Å². The van der Waals surface area contributed by atoms with Gasteiger partial charge in [0.15, 0.2) is 0 Å². The van der Waals surface area contributed by atoms with Gasteiger partial charge in [0.2, 0.25) is 5.91 Å². The Bertz CT molecular complexity index is 346. The number of nitrogens with one attached hydrogen (secondary N) is 1. The van der Waals surface area contributed by atoms with Crippen molar-refractivity contribution in [1.82, 2.24) is 10.2 Å². The molecule has 0 unspecified atom stereocenters. The summed E-state index contributed by atoms with van der Waals surface area (Å²) >= 11 is 0. The molecule has 4 atom stereocenters. The van der Waals surface area contributed by atoms with Crippen LogP contribution in [0.1, 0.15) is 40.0 Å². The third-order valence-corrected chi connectivity index (χ3v) is 4.28. The lowest BCUT2D eigenvalue weighted by atomic mass is 9.93. The van der Waals surface area contributed by atoms with Crippen LogP contribution in [-0.4, -0.2) is 48.7 Å². The Morgan fingerprint density at radius 3 is 2.65 bits per heavy atom. The normalized spacial score (nSPS) is 32.9. The van der Waals surface area contributed by atoms with Gasteiger partial charge in [-0.2, -0.15) is 0 Å². The van der Waals surface area contributed by atoms with Crippen molar-refractivity contribution in [3.63, 3.8) is 0 Å². The molecule has 114 valence electrons. The highest BCUT2D eigenvalue weighted by Crippen LogP contribution is 2.18. The highest BCUT2D eigenvalue weighted by molar-refractivity contribution is 5.79. The summed E-state index contributed by atoms with van der Waals surface area (Å²) in [5.74, 6) is 0.394. The number of ether oxygens (including phenoxy) is 1. The molecular formula is C16H28N2O2. The molecule has 0 saturated carbocycles. The van der Waals surface area contributed by atoms with Gasteiger partial charge in [-0.15, -0.1) is 0 Å². The molecule has 4 nitrogen and oxygen atoms in total. The summed E-state index contributed by atoms with van der Waals surface area (Å²) in [7, 11) is 0. The molecule has 0 spiro atoms. The Morgan fingerprint density at radius 1 is 1.35 bits per heavy atom. The molecule has 1 heterocycles.